The van der Waals surface area contributed by atoms with Gasteiger partial charge in [-0.25, -0.2) is 13.4 Å². The van der Waals surface area contributed by atoms with Crippen molar-refractivity contribution in [1.82, 2.24) is 4.98 Å². The van der Waals surface area contributed by atoms with Crippen LogP contribution in [0.2, 0.25) is 0 Å². The number of carbonyl (C=O) groups excluding carboxylic acids is 2. The molecule has 108 valence electrons. The lowest BCUT2D eigenvalue weighted by Crippen LogP contribution is -2.24. The van der Waals surface area contributed by atoms with E-state index in [1.54, 1.807) is 13.0 Å². The number of aryl methyl sites for hydroxylation is 1. The zero-order valence-corrected chi connectivity index (χ0v) is 12.6. The summed E-state index contributed by atoms with van der Waals surface area (Å²) in [6, 6.07) is 1.71. The van der Waals surface area contributed by atoms with E-state index in [0.29, 0.717) is 10.6 Å². The number of nitrogens with zero attached hydrogens (tertiary/aromatic N) is 2. The van der Waals surface area contributed by atoms with E-state index in [1.807, 2.05) is 0 Å². The first-order valence-corrected chi connectivity index (χ1v) is 8.24. The molecule has 0 atom stereocenters. The number of nitrogens with one attached hydrogen (secondary N) is 1. The zero-order chi connectivity index (χ0) is 15.3. The summed E-state index contributed by atoms with van der Waals surface area (Å²) in [5.41, 5.74) is 0.491. The maximum absolute atomic E-state index is 11.6. The smallest absolute Gasteiger partial charge is 0.241 e. The van der Waals surface area contributed by atoms with Gasteiger partial charge in [-0.2, -0.15) is 5.26 Å². The van der Waals surface area contributed by atoms with Gasteiger partial charge in [-0.3, -0.25) is 9.59 Å². The van der Waals surface area contributed by atoms with Crippen LogP contribution in [0.4, 0.5) is 5.13 Å². The summed E-state index contributed by atoms with van der Waals surface area (Å²) in [6.07, 6.45) is -0.152. The Morgan fingerprint density at radius 3 is 2.60 bits per heavy atom. The summed E-state index contributed by atoms with van der Waals surface area (Å²) in [6.45, 7) is 3.02. The lowest BCUT2D eigenvalue weighted by atomic mass is 10.3. The van der Waals surface area contributed by atoms with Gasteiger partial charge in [-0.15, -0.1) is 0 Å². The fourth-order valence-corrected chi connectivity index (χ4v) is 3.30. The van der Waals surface area contributed by atoms with Gasteiger partial charge in [0, 0.05) is 13.3 Å². The molecule has 0 unspecified atom stereocenters. The van der Waals surface area contributed by atoms with Crippen LogP contribution in [0.3, 0.4) is 0 Å². The predicted molar refractivity (Wildman–Crippen MR) is 74.4 cm³/mol. The molecule has 0 bridgehead atoms. The van der Waals surface area contributed by atoms with Crippen LogP contribution in [0.15, 0.2) is 0 Å². The highest BCUT2D eigenvalue weighted by molar-refractivity contribution is 7.92. The Kier molecular flexibility index (Phi) is 5.35. The van der Waals surface area contributed by atoms with Crippen LogP contribution < -0.4 is 5.32 Å². The van der Waals surface area contributed by atoms with Crippen LogP contribution in [0, 0.1) is 18.3 Å². The third kappa shape index (κ3) is 4.71. The van der Waals surface area contributed by atoms with Crippen molar-refractivity contribution in [3.05, 3.63) is 10.6 Å². The van der Waals surface area contributed by atoms with Gasteiger partial charge in [-0.05, 0) is 6.92 Å². The molecule has 1 amide bonds. The van der Waals surface area contributed by atoms with E-state index in [-0.39, 0.29) is 23.1 Å². The van der Waals surface area contributed by atoms with E-state index in [4.69, 9.17) is 5.26 Å². The largest absolute Gasteiger partial charge is 0.301 e. The second kappa shape index (κ2) is 6.58. The van der Waals surface area contributed by atoms with Crippen molar-refractivity contribution in [2.24, 2.45) is 0 Å². The molecule has 0 saturated heterocycles. The van der Waals surface area contributed by atoms with Gasteiger partial charge in [0.15, 0.2) is 20.8 Å². The predicted octanol–water partition coefficient (Wildman–Crippen LogP) is 0.921. The molecule has 7 nitrogen and oxygen atoms in total. The molecule has 1 aromatic rings. The highest BCUT2D eigenvalue weighted by atomic mass is 32.2. The first kappa shape index (κ1) is 16.3. The van der Waals surface area contributed by atoms with Gasteiger partial charge in [0.05, 0.1) is 22.4 Å². The second-order valence-electron chi connectivity index (χ2n) is 4.04. The van der Waals surface area contributed by atoms with Crippen molar-refractivity contribution in [3.63, 3.8) is 0 Å². The summed E-state index contributed by atoms with van der Waals surface area (Å²) < 4.78 is 23.0. The Morgan fingerprint density at radius 2 is 2.10 bits per heavy atom. The summed E-state index contributed by atoms with van der Waals surface area (Å²) in [5, 5.41) is 10.9. The molecular weight excluding hydrogens is 302 g/mol. The Labute approximate surface area is 120 Å². The van der Waals surface area contributed by atoms with Crippen molar-refractivity contribution >= 4 is 38.0 Å². The van der Waals surface area contributed by atoms with Crippen molar-refractivity contribution in [2.45, 2.75) is 20.3 Å². The topological polar surface area (TPSA) is 117 Å². The molecule has 0 saturated carbocycles. The van der Waals surface area contributed by atoms with E-state index in [0.717, 1.165) is 11.3 Å². The zero-order valence-electron chi connectivity index (χ0n) is 11.0. The molecule has 20 heavy (non-hydrogen) atoms. The Hall–Kier alpha value is -1.79. The number of Topliss-reactive ketones (excluding diaryl/α,β-unsaturated/α-hetero) is 1. The molecular formula is C11H13N3O4S2. The van der Waals surface area contributed by atoms with Crippen LogP contribution in [0.1, 0.15) is 28.7 Å². The fourth-order valence-electron chi connectivity index (χ4n) is 1.40. The van der Waals surface area contributed by atoms with Gasteiger partial charge < -0.3 is 5.32 Å². The number of rotatable bonds is 6. The van der Waals surface area contributed by atoms with Gasteiger partial charge in [-0.1, -0.05) is 11.3 Å². The number of anilines is 1. The summed E-state index contributed by atoms with van der Waals surface area (Å²) in [4.78, 5) is 27.2. The molecule has 1 heterocycles. The number of sulfone groups is 1. The van der Waals surface area contributed by atoms with Gasteiger partial charge in [0.1, 0.15) is 5.75 Å². The van der Waals surface area contributed by atoms with Crippen LogP contribution >= 0.6 is 11.3 Å². The van der Waals surface area contributed by atoms with Crippen LogP contribution in [-0.2, 0) is 14.6 Å². The molecule has 0 aliphatic heterocycles. The number of carbonyl (C=O) groups is 2. The average molecular weight is 315 g/mol. The maximum atomic E-state index is 11.6. The molecule has 0 aliphatic carbocycles. The quantitative estimate of drug-likeness (QED) is 0.780. The number of aromatic nitrogens is 1. The first-order chi connectivity index (χ1) is 9.25. The number of nitriles is 1. The third-order valence-electron chi connectivity index (χ3n) is 2.24. The third-order valence-corrected chi connectivity index (χ3v) is 4.94. The van der Waals surface area contributed by atoms with Crippen LogP contribution in [-0.4, -0.2) is 36.6 Å². The SMILES string of the molecule is CC(=O)c1sc(NC(=O)CS(=O)(=O)CCC#N)nc1C. The maximum Gasteiger partial charge on any atom is 0.241 e. The number of hydrogen-bond acceptors (Lipinski definition) is 7. The van der Waals surface area contributed by atoms with Crippen molar-refractivity contribution in [3.8, 4) is 6.07 Å². The summed E-state index contributed by atoms with van der Waals surface area (Å²) in [5.74, 6) is -1.95. The lowest BCUT2D eigenvalue weighted by Gasteiger charge is -2.01. The van der Waals surface area contributed by atoms with Gasteiger partial charge in [0.25, 0.3) is 0 Å². The van der Waals surface area contributed by atoms with E-state index in [9.17, 15) is 18.0 Å². The Bertz CT molecular complexity index is 670. The molecule has 1 N–H and O–H groups in total. The van der Waals surface area contributed by atoms with Crippen LogP contribution in [0.25, 0.3) is 0 Å². The molecule has 0 aromatic carbocycles. The minimum absolute atomic E-state index is 0.152. The molecule has 0 aliphatic rings. The second-order valence-corrected chi connectivity index (χ2v) is 7.22. The van der Waals surface area contributed by atoms with Gasteiger partial charge in [0.2, 0.25) is 5.91 Å². The molecule has 0 fully saturated rings. The van der Waals surface area contributed by atoms with Crippen molar-refractivity contribution < 1.29 is 18.0 Å². The molecule has 1 rings (SSSR count). The van der Waals surface area contributed by atoms with E-state index >= 15 is 0 Å². The van der Waals surface area contributed by atoms with E-state index in [2.05, 4.69) is 10.3 Å². The minimum atomic E-state index is -3.61. The molecule has 0 spiro atoms. The first-order valence-electron chi connectivity index (χ1n) is 5.61. The summed E-state index contributed by atoms with van der Waals surface area (Å²) in [7, 11) is -3.61. The molecule has 1 aromatic heterocycles. The lowest BCUT2D eigenvalue weighted by molar-refractivity contribution is -0.113. The Morgan fingerprint density at radius 1 is 1.45 bits per heavy atom. The number of ketones is 1. The average Bonchev–Trinajstić information content (AvgIpc) is 2.66. The Balaban J connectivity index is 2.70. The highest BCUT2D eigenvalue weighted by Crippen LogP contribution is 2.22. The number of amides is 1. The van der Waals surface area contributed by atoms with Crippen molar-refractivity contribution in [2.75, 3.05) is 16.8 Å². The van der Waals surface area contributed by atoms with E-state index in [1.165, 1.54) is 6.92 Å². The van der Waals surface area contributed by atoms with Crippen LogP contribution in [0.5, 0.6) is 0 Å². The molecule has 0 radical (unpaired) electrons. The fraction of sp³-hybridized carbons (Fsp3) is 0.455. The molecule has 9 heteroatoms. The minimum Gasteiger partial charge on any atom is -0.301 e. The van der Waals surface area contributed by atoms with Gasteiger partial charge >= 0.3 is 0 Å². The normalized spacial score (nSPS) is 10.8. The van der Waals surface area contributed by atoms with E-state index < -0.39 is 21.5 Å². The standard InChI is InChI=1S/C11H13N3O4S2/c1-7-10(8(2)15)19-11(13-7)14-9(16)6-20(17,18)5-3-4-12/h3,5-6H2,1-2H3,(H,13,14,16). The number of hydrogen-bond donors (Lipinski definition) is 1. The monoisotopic (exact) mass is 315 g/mol. The van der Waals surface area contributed by atoms with Crippen molar-refractivity contribution in [1.29, 1.82) is 5.26 Å². The summed E-state index contributed by atoms with van der Waals surface area (Å²) >= 11 is 1.00. The number of thiazole rings is 1. The highest BCUT2D eigenvalue weighted by Gasteiger charge is 2.18.